The SMILES string of the molecule is Cc1ccc(=O)n(CCN2CCN(Cc3coc(C)n3)CC2)n1. The van der Waals surface area contributed by atoms with Crippen LogP contribution in [-0.4, -0.2) is 57.3 Å². The van der Waals surface area contributed by atoms with Gasteiger partial charge in [-0.1, -0.05) is 0 Å². The van der Waals surface area contributed by atoms with Gasteiger partial charge < -0.3 is 4.42 Å². The van der Waals surface area contributed by atoms with Crippen molar-refractivity contribution in [1.82, 2.24) is 24.6 Å². The third kappa shape index (κ3) is 4.27. The first-order valence-electron chi connectivity index (χ1n) is 8.00. The summed E-state index contributed by atoms with van der Waals surface area (Å²) in [7, 11) is 0. The Morgan fingerprint density at radius 3 is 2.52 bits per heavy atom. The Morgan fingerprint density at radius 1 is 1.09 bits per heavy atom. The largest absolute Gasteiger partial charge is 0.449 e. The molecule has 23 heavy (non-hydrogen) atoms. The van der Waals surface area contributed by atoms with Crippen molar-refractivity contribution in [2.75, 3.05) is 32.7 Å². The first kappa shape index (κ1) is 15.9. The van der Waals surface area contributed by atoms with E-state index in [9.17, 15) is 4.79 Å². The van der Waals surface area contributed by atoms with Crippen molar-refractivity contribution in [3.05, 3.63) is 46.0 Å². The van der Waals surface area contributed by atoms with Gasteiger partial charge >= 0.3 is 0 Å². The van der Waals surface area contributed by atoms with Gasteiger partial charge in [-0.2, -0.15) is 5.10 Å². The highest BCUT2D eigenvalue weighted by atomic mass is 16.3. The van der Waals surface area contributed by atoms with E-state index in [0.717, 1.165) is 56.5 Å². The maximum atomic E-state index is 11.8. The van der Waals surface area contributed by atoms with Crippen molar-refractivity contribution in [3.8, 4) is 0 Å². The van der Waals surface area contributed by atoms with Gasteiger partial charge in [0, 0.05) is 52.3 Å². The van der Waals surface area contributed by atoms with E-state index in [4.69, 9.17) is 4.42 Å². The molecule has 1 saturated heterocycles. The fourth-order valence-corrected chi connectivity index (χ4v) is 2.83. The molecule has 1 fully saturated rings. The Hall–Kier alpha value is -1.99. The first-order chi connectivity index (χ1) is 11.1. The Labute approximate surface area is 135 Å². The minimum absolute atomic E-state index is 0.0318. The van der Waals surface area contributed by atoms with Crippen LogP contribution in [0.3, 0.4) is 0 Å². The fourth-order valence-electron chi connectivity index (χ4n) is 2.83. The third-order valence-corrected chi connectivity index (χ3v) is 4.15. The lowest BCUT2D eigenvalue weighted by Gasteiger charge is -2.34. The Morgan fingerprint density at radius 2 is 1.83 bits per heavy atom. The summed E-state index contributed by atoms with van der Waals surface area (Å²) < 4.78 is 6.80. The molecule has 2 aromatic heterocycles. The molecule has 0 bridgehead atoms. The lowest BCUT2D eigenvalue weighted by atomic mass is 10.3. The summed E-state index contributed by atoms with van der Waals surface area (Å²) in [5, 5.41) is 4.28. The predicted molar refractivity (Wildman–Crippen MR) is 86.2 cm³/mol. The summed E-state index contributed by atoms with van der Waals surface area (Å²) in [5.41, 5.74) is 1.83. The van der Waals surface area contributed by atoms with Gasteiger partial charge in [0.15, 0.2) is 5.89 Å². The van der Waals surface area contributed by atoms with Gasteiger partial charge in [0.25, 0.3) is 5.56 Å². The normalized spacial score (nSPS) is 16.8. The molecular formula is C16H23N5O2. The number of aromatic nitrogens is 3. The zero-order valence-electron chi connectivity index (χ0n) is 13.7. The van der Waals surface area contributed by atoms with Gasteiger partial charge in [0.05, 0.1) is 17.9 Å². The van der Waals surface area contributed by atoms with Crippen molar-refractivity contribution in [2.24, 2.45) is 0 Å². The highest BCUT2D eigenvalue weighted by Crippen LogP contribution is 2.08. The highest BCUT2D eigenvalue weighted by molar-refractivity contribution is 4.97. The van der Waals surface area contributed by atoms with Crippen LogP contribution in [0, 0.1) is 13.8 Å². The van der Waals surface area contributed by atoms with E-state index >= 15 is 0 Å². The van der Waals surface area contributed by atoms with Crippen LogP contribution in [0.1, 0.15) is 17.3 Å². The number of nitrogens with zero attached hydrogens (tertiary/aromatic N) is 5. The molecule has 0 spiro atoms. The van der Waals surface area contributed by atoms with Gasteiger partial charge in [-0.3, -0.25) is 14.6 Å². The molecular weight excluding hydrogens is 294 g/mol. The van der Waals surface area contributed by atoms with Crippen molar-refractivity contribution in [1.29, 1.82) is 0 Å². The van der Waals surface area contributed by atoms with Crippen molar-refractivity contribution in [3.63, 3.8) is 0 Å². The van der Waals surface area contributed by atoms with Crippen molar-refractivity contribution in [2.45, 2.75) is 26.9 Å². The molecule has 0 amide bonds. The Kier molecular flexibility index (Phi) is 4.88. The maximum Gasteiger partial charge on any atom is 0.266 e. The smallest absolute Gasteiger partial charge is 0.266 e. The molecule has 0 aliphatic carbocycles. The molecule has 124 valence electrons. The summed E-state index contributed by atoms with van der Waals surface area (Å²) >= 11 is 0. The average molecular weight is 317 g/mol. The monoisotopic (exact) mass is 317 g/mol. The van der Waals surface area contributed by atoms with E-state index in [2.05, 4.69) is 19.9 Å². The molecule has 0 saturated carbocycles. The van der Waals surface area contributed by atoms with Crippen LogP contribution in [0.5, 0.6) is 0 Å². The molecule has 7 nitrogen and oxygen atoms in total. The van der Waals surface area contributed by atoms with Crippen LogP contribution >= 0.6 is 0 Å². The van der Waals surface area contributed by atoms with Crippen molar-refractivity contribution < 1.29 is 4.42 Å². The molecule has 0 atom stereocenters. The zero-order chi connectivity index (χ0) is 16.2. The molecule has 0 radical (unpaired) electrons. The molecule has 1 aliphatic rings. The molecule has 0 N–H and O–H groups in total. The standard InChI is InChI=1S/C16H23N5O2/c1-13-3-4-16(22)21(18-13)10-9-19-5-7-20(8-6-19)11-15-12-23-14(2)17-15/h3-4,12H,5-11H2,1-2H3. The summed E-state index contributed by atoms with van der Waals surface area (Å²) in [6, 6.07) is 3.34. The molecule has 2 aromatic rings. The quantitative estimate of drug-likeness (QED) is 0.807. The Balaban J connectivity index is 1.46. The number of oxazole rings is 1. The van der Waals surface area contributed by atoms with Gasteiger partial charge in [-0.05, 0) is 13.0 Å². The first-order valence-corrected chi connectivity index (χ1v) is 8.00. The number of piperazine rings is 1. The van der Waals surface area contributed by atoms with E-state index in [1.807, 2.05) is 13.8 Å². The minimum atomic E-state index is -0.0318. The molecule has 1 aliphatic heterocycles. The molecule has 0 unspecified atom stereocenters. The lowest BCUT2D eigenvalue weighted by Crippen LogP contribution is -2.47. The molecule has 3 heterocycles. The van der Waals surface area contributed by atoms with Gasteiger partial charge in [0.2, 0.25) is 0 Å². The van der Waals surface area contributed by atoms with Crippen LogP contribution in [0.15, 0.2) is 27.6 Å². The van der Waals surface area contributed by atoms with Gasteiger partial charge in [0.1, 0.15) is 6.26 Å². The molecule has 0 aromatic carbocycles. The van der Waals surface area contributed by atoms with E-state index in [1.54, 1.807) is 23.1 Å². The Bertz CT molecular complexity index is 700. The highest BCUT2D eigenvalue weighted by Gasteiger charge is 2.18. The minimum Gasteiger partial charge on any atom is -0.449 e. The average Bonchev–Trinajstić information content (AvgIpc) is 2.95. The van der Waals surface area contributed by atoms with Gasteiger partial charge in [-0.15, -0.1) is 0 Å². The van der Waals surface area contributed by atoms with Crippen LogP contribution in [0.4, 0.5) is 0 Å². The molecule has 3 rings (SSSR count). The fraction of sp³-hybridized carbons (Fsp3) is 0.562. The number of hydrogen-bond acceptors (Lipinski definition) is 6. The summed E-state index contributed by atoms with van der Waals surface area (Å²) in [6.45, 7) is 10.1. The van der Waals surface area contributed by atoms with Crippen LogP contribution in [0.25, 0.3) is 0 Å². The summed E-state index contributed by atoms with van der Waals surface area (Å²) in [5.74, 6) is 0.717. The van der Waals surface area contributed by atoms with E-state index in [0.29, 0.717) is 6.54 Å². The van der Waals surface area contributed by atoms with Crippen LogP contribution in [0.2, 0.25) is 0 Å². The number of rotatable bonds is 5. The second kappa shape index (κ2) is 7.06. The topological polar surface area (TPSA) is 67.4 Å². The van der Waals surface area contributed by atoms with Crippen molar-refractivity contribution >= 4 is 0 Å². The second-order valence-corrected chi connectivity index (χ2v) is 6.01. The number of hydrogen-bond donors (Lipinski definition) is 0. The van der Waals surface area contributed by atoms with E-state index < -0.39 is 0 Å². The van der Waals surface area contributed by atoms with Crippen LogP contribution in [-0.2, 0) is 13.1 Å². The zero-order valence-corrected chi connectivity index (χ0v) is 13.7. The summed E-state index contributed by atoms with van der Waals surface area (Å²) in [4.78, 5) is 20.9. The van der Waals surface area contributed by atoms with Gasteiger partial charge in [-0.25, -0.2) is 9.67 Å². The lowest BCUT2D eigenvalue weighted by molar-refractivity contribution is 0.121. The predicted octanol–water partition coefficient (Wildman–Crippen LogP) is 0.666. The number of aryl methyl sites for hydroxylation is 2. The molecule has 7 heteroatoms. The third-order valence-electron chi connectivity index (χ3n) is 4.15. The maximum absolute atomic E-state index is 11.8. The van der Waals surface area contributed by atoms with E-state index in [1.165, 1.54) is 0 Å². The van der Waals surface area contributed by atoms with Crippen LogP contribution < -0.4 is 5.56 Å². The second-order valence-electron chi connectivity index (χ2n) is 6.01. The summed E-state index contributed by atoms with van der Waals surface area (Å²) in [6.07, 6.45) is 1.73. The van der Waals surface area contributed by atoms with E-state index in [-0.39, 0.29) is 5.56 Å².